The summed E-state index contributed by atoms with van der Waals surface area (Å²) in [5, 5.41) is 12.4. The molecule has 1 aromatic carbocycles. The van der Waals surface area contributed by atoms with Gasteiger partial charge < -0.3 is 9.09 Å². The summed E-state index contributed by atoms with van der Waals surface area (Å²) in [5.41, 5.74) is 1.18. The first kappa shape index (κ1) is 14.1. The molecule has 0 N–H and O–H groups in total. The summed E-state index contributed by atoms with van der Waals surface area (Å²) >= 11 is 0. The lowest BCUT2D eigenvalue weighted by molar-refractivity contribution is 0.182. The van der Waals surface area contributed by atoms with Crippen LogP contribution in [0.3, 0.4) is 0 Å². The van der Waals surface area contributed by atoms with Gasteiger partial charge in [0, 0.05) is 19.5 Å². The van der Waals surface area contributed by atoms with Crippen LogP contribution in [0.1, 0.15) is 28.9 Å². The van der Waals surface area contributed by atoms with Crippen molar-refractivity contribution in [3.05, 3.63) is 59.3 Å². The quantitative estimate of drug-likeness (QED) is 0.728. The van der Waals surface area contributed by atoms with Gasteiger partial charge in [-0.15, -0.1) is 10.2 Å². The second-order valence-corrected chi connectivity index (χ2v) is 5.79. The van der Waals surface area contributed by atoms with Crippen molar-refractivity contribution < 1.29 is 4.52 Å². The smallest absolute Gasteiger partial charge is 0.240 e. The van der Waals surface area contributed by atoms with Crippen LogP contribution < -0.4 is 0 Å². The van der Waals surface area contributed by atoms with Gasteiger partial charge in [0.15, 0.2) is 5.82 Å². The van der Waals surface area contributed by atoms with Gasteiger partial charge in [-0.1, -0.05) is 35.5 Å². The first-order chi connectivity index (χ1) is 11.3. The minimum atomic E-state index is 0.647. The molecule has 1 aliphatic rings. The molecule has 3 aromatic rings. The van der Waals surface area contributed by atoms with E-state index in [4.69, 9.17) is 4.52 Å². The van der Waals surface area contributed by atoms with E-state index in [0.717, 1.165) is 37.1 Å². The average molecular weight is 310 g/mol. The molecular weight excluding hydrogens is 292 g/mol. The van der Waals surface area contributed by atoms with Gasteiger partial charge in [0.1, 0.15) is 11.6 Å². The summed E-state index contributed by atoms with van der Waals surface area (Å²) in [5.74, 6) is 3.35. The van der Waals surface area contributed by atoms with E-state index >= 15 is 0 Å². The van der Waals surface area contributed by atoms with Crippen LogP contribution in [0.2, 0.25) is 0 Å². The fourth-order valence-corrected chi connectivity index (χ4v) is 2.88. The molecule has 0 saturated heterocycles. The van der Waals surface area contributed by atoms with E-state index in [9.17, 15) is 0 Å². The highest BCUT2D eigenvalue weighted by Gasteiger charge is 2.21. The molecule has 0 radical (unpaired) electrons. The van der Waals surface area contributed by atoms with Crippen molar-refractivity contribution in [2.45, 2.75) is 33.0 Å². The number of aromatic nitrogens is 5. The Hall–Kier alpha value is -2.54. The number of rotatable bonds is 4. The van der Waals surface area contributed by atoms with Crippen LogP contribution in [-0.4, -0.2) is 36.3 Å². The van der Waals surface area contributed by atoms with E-state index in [1.54, 1.807) is 0 Å². The molecule has 23 heavy (non-hydrogen) atoms. The third-order valence-electron chi connectivity index (χ3n) is 4.09. The van der Waals surface area contributed by atoms with Crippen LogP contribution in [0, 0.1) is 6.92 Å². The minimum Gasteiger partial charge on any atom is -0.338 e. The largest absolute Gasteiger partial charge is 0.338 e. The molecule has 7 heteroatoms. The molecule has 0 unspecified atom stereocenters. The van der Waals surface area contributed by atoms with Crippen LogP contribution in [0.15, 0.2) is 34.9 Å². The Morgan fingerprint density at radius 3 is 2.87 bits per heavy atom. The molecule has 4 rings (SSSR count). The number of hydrogen-bond acceptors (Lipinski definition) is 6. The number of aryl methyl sites for hydroxylation is 1. The molecule has 0 saturated carbocycles. The summed E-state index contributed by atoms with van der Waals surface area (Å²) in [6, 6.07) is 10.2. The highest BCUT2D eigenvalue weighted by atomic mass is 16.5. The zero-order valence-corrected chi connectivity index (χ0v) is 13.0. The molecule has 0 atom stereocenters. The molecule has 7 nitrogen and oxygen atoms in total. The predicted octanol–water partition coefficient (Wildman–Crippen LogP) is 1.58. The SMILES string of the molecule is Cc1nnc2n1CCN(Cc1nc(Cc3ccccc3)no1)C2. The number of benzene rings is 1. The Morgan fingerprint density at radius 1 is 1.13 bits per heavy atom. The second kappa shape index (κ2) is 5.92. The third-order valence-corrected chi connectivity index (χ3v) is 4.09. The van der Waals surface area contributed by atoms with Gasteiger partial charge in [-0.3, -0.25) is 4.90 Å². The molecule has 2 aromatic heterocycles. The molecule has 0 fully saturated rings. The van der Waals surface area contributed by atoms with E-state index in [1.165, 1.54) is 5.56 Å². The maximum atomic E-state index is 5.39. The second-order valence-electron chi connectivity index (χ2n) is 5.79. The van der Waals surface area contributed by atoms with Crippen molar-refractivity contribution in [1.82, 2.24) is 29.8 Å². The van der Waals surface area contributed by atoms with Crippen molar-refractivity contribution in [3.63, 3.8) is 0 Å². The van der Waals surface area contributed by atoms with E-state index in [2.05, 4.69) is 41.9 Å². The normalized spacial score (nSPS) is 14.8. The summed E-state index contributed by atoms with van der Waals surface area (Å²) < 4.78 is 7.55. The number of hydrogen-bond donors (Lipinski definition) is 0. The fourth-order valence-electron chi connectivity index (χ4n) is 2.88. The molecule has 0 aliphatic carbocycles. The van der Waals surface area contributed by atoms with Crippen LogP contribution in [0.5, 0.6) is 0 Å². The summed E-state index contributed by atoms with van der Waals surface area (Å²) in [7, 11) is 0. The van der Waals surface area contributed by atoms with Gasteiger partial charge in [0.25, 0.3) is 0 Å². The summed E-state index contributed by atoms with van der Waals surface area (Å²) in [6.07, 6.45) is 0.692. The van der Waals surface area contributed by atoms with Crippen molar-refractivity contribution in [1.29, 1.82) is 0 Å². The van der Waals surface area contributed by atoms with Crippen molar-refractivity contribution in [2.24, 2.45) is 0 Å². The van der Waals surface area contributed by atoms with Crippen LogP contribution in [0.4, 0.5) is 0 Å². The first-order valence-electron chi connectivity index (χ1n) is 7.74. The third kappa shape index (κ3) is 3.00. The minimum absolute atomic E-state index is 0.647. The molecule has 118 valence electrons. The van der Waals surface area contributed by atoms with Gasteiger partial charge in [-0.25, -0.2) is 0 Å². The topological polar surface area (TPSA) is 72.9 Å². The Bertz CT molecular complexity index is 794. The van der Waals surface area contributed by atoms with Crippen molar-refractivity contribution >= 4 is 0 Å². The zero-order valence-electron chi connectivity index (χ0n) is 13.0. The summed E-state index contributed by atoms with van der Waals surface area (Å²) in [6.45, 7) is 5.23. The molecule has 0 bridgehead atoms. The molecule has 0 spiro atoms. The highest BCUT2D eigenvalue weighted by molar-refractivity contribution is 5.18. The van der Waals surface area contributed by atoms with E-state index in [0.29, 0.717) is 18.9 Å². The van der Waals surface area contributed by atoms with E-state index in [-0.39, 0.29) is 0 Å². The van der Waals surface area contributed by atoms with E-state index < -0.39 is 0 Å². The lowest BCUT2D eigenvalue weighted by Gasteiger charge is -2.25. The Balaban J connectivity index is 1.40. The van der Waals surface area contributed by atoms with Crippen molar-refractivity contribution in [2.75, 3.05) is 6.54 Å². The fraction of sp³-hybridized carbons (Fsp3) is 0.375. The van der Waals surface area contributed by atoms with Gasteiger partial charge in [0.2, 0.25) is 5.89 Å². The van der Waals surface area contributed by atoms with Gasteiger partial charge in [0.05, 0.1) is 13.1 Å². The molecule has 0 amide bonds. The van der Waals surface area contributed by atoms with Gasteiger partial charge >= 0.3 is 0 Å². The van der Waals surface area contributed by atoms with Crippen molar-refractivity contribution in [3.8, 4) is 0 Å². The van der Waals surface area contributed by atoms with Gasteiger partial charge in [-0.05, 0) is 12.5 Å². The Kier molecular flexibility index (Phi) is 3.63. The lowest BCUT2D eigenvalue weighted by Crippen LogP contribution is -2.33. The Labute approximate surface area is 134 Å². The average Bonchev–Trinajstić information content (AvgIpc) is 3.15. The van der Waals surface area contributed by atoms with E-state index in [1.807, 2.05) is 25.1 Å². The molecular formula is C16H18N6O. The lowest BCUT2D eigenvalue weighted by atomic mass is 10.1. The monoisotopic (exact) mass is 310 g/mol. The van der Waals surface area contributed by atoms with Crippen LogP contribution in [0.25, 0.3) is 0 Å². The standard InChI is InChI=1S/C16H18N6O/c1-12-18-19-15-10-21(7-8-22(12)15)11-16-17-14(20-23-16)9-13-5-3-2-4-6-13/h2-6H,7-11H2,1H3. The maximum Gasteiger partial charge on any atom is 0.240 e. The highest BCUT2D eigenvalue weighted by Crippen LogP contribution is 2.15. The zero-order chi connectivity index (χ0) is 15.6. The summed E-state index contributed by atoms with van der Waals surface area (Å²) in [4.78, 5) is 6.75. The number of nitrogens with zero attached hydrogens (tertiary/aromatic N) is 6. The number of fused-ring (bicyclic) bond motifs is 1. The predicted molar refractivity (Wildman–Crippen MR) is 82.4 cm³/mol. The van der Waals surface area contributed by atoms with Crippen LogP contribution >= 0.6 is 0 Å². The molecule has 3 heterocycles. The Morgan fingerprint density at radius 2 is 2.00 bits per heavy atom. The molecule has 1 aliphatic heterocycles. The first-order valence-corrected chi connectivity index (χ1v) is 7.74. The van der Waals surface area contributed by atoms with Crippen LogP contribution in [-0.2, 0) is 26.1 Å². The van der Waals surface area contributed by atoms with Gasteiger partial charge in [-0.2, -0.15) is 4.98 Å². The maximum absolute atomic E-state index is 5.39.